The average Bonchev–Trinajstić information content (AvgIpc) is 2.21. The second kappa shape index (κ2) is 5.97. The van der Waals surface area contributed by atoms with Crippen LogP contribution in [0.5, 0.6) is 0 Å². The first-order chi connectivity index (χ1) is 7.54. The summed E-state index contributed by atoms with van der Waals surface area (Å²) in [4.78, 5) is 10.7. The lowest BCUT2D eigenvalue weighted by Gasteiger charge is -2.16. The summed E-state index contributed by atoms with van der Waals surface area (Å²) in [7, 11) is 0. The smallest absolute Gasteiger partial charge is 0.404 e. The summed E-state index contributed by atoms with van der Waals surface area (Å²) < 4.78 is 4.93. The van der Waals surface area contributed by atoms with Gasteiger partial charge in [-0.1, -0.05) is 36.2 Å². The van der Waals surface area contributed by atoms with Crippen LogP contribution >= 0.6 is 23.2 Å². The number of carbonyl (C=O) groups is 1. The van der Waals surface area contributed by atoms with E-state index >= 15 is 0 Å². The minimum absolute atomic E-state index is 0.296. The molecule has 1 amide bonds. The predicted molar refractivity (Wildman–Crippen MR) is 64.9 cm³/mol. The van der Waals surface area contributed by atoms with E-state index in [0.717, 1.165) is 5.56 Å². The van der Waals surface area contributed by atoms with Gasteiger partial charge in [0.25, 0.3) is 0 Å². The Morgan fingerprint density at radius 1 is 1.44 bits per heavy atom. The molecule has 2 N–H and O–H groups in total. The fraction of sp³-hybridized carbons (Fsp3) is 0.364. The fourth-order valence-corrected chi connectivity index (χ4v) is 1.94. The average molecular weight is 262 g/mol. The van der Waals surface area contributed by atoms with Crippen LogP contribution in [0.3, 0.4) is 0 Å². The van der Waals surface area contributed by atoms with E-state index in [1.165, 1.54) is 0 Å². The van der Waals surface area contributed by atoms with Gasteiger partial charge in [-0.15, -0.1) is 0 Å². The molecule has 1 rings (SSSR count). The highest BCUT2D eigenvalue weighted by molar-refractivity contribution is 6.35. The Bertz CT molecular complexity index is 362. The Morgan fingerprint density at radius 2 is 2.00 bits per heavy atom. The first-order valence-electron chi connectivity index (χ1n) is 4.93. The van der Waals surface area contributed by atoms with Gasteiger partial charge in [-0.3, -0.25) is 0 Å². The van der Waals surface area contributed by atoms with E-state index in [2.05, 4.69) is 0 Å². The highest BCUT2D eigenvalue weighted by atomic mass is 35.5. The molecule has 0 heterocycles. The molecule has 0 aliphatic carbocycles. The third kappa shape index (κ3) is 3.58. The van der Waals surface area contributed by atoms with Crippen molar-refractivity contribution in [2.45, 2.75) is 25.9 Å². The van der Waals surface area contributed by atoms with Crippen LogP contribution in [0.25, 0.3) is 0 Å². The van der Waals surface area contributed by atoms with Gasteiger partial charge < -0.3 is 10.5 Å². The van der Waals surface area contributed by atoms with Gasteiger partial charge in [-0.2, -0.15) is 0 Å². The maximum absolute atomic E-state index is 10.7. The summed E-state index contributed by atoms with van der Waals surface area (Å²) in [5.41, 5.74) is 5.75. The Balaban J connectivity index is 2.81. The molecule has 1 aromatic carbocycles. The van der Waals surface area contributed by atoms with E-state index in [9.17, 15) is 4.79 Å². The Morgan fingerprint density at radius 3 is 2.44 bits per heavy atom. The number of hydrogen-bond donors (Lipinski definition) is 1. The minimum atomic E-state index is -0.782. The largest absolute Gasteiger partial charge is 0.446 e. The van der Waals surface area contributed by atoms with E-state index in [4.69, 9.17) is 33.7 Å². The van der Waals surface area contributed by atoms with Crippen molar-refractivity contribution < 1.29 is 9.53 Å². The Hall–Kier alpha value is -0.930. The summed E-state index contributed by atoms with van der Waals surface area (Å²) in [6, 6.07) is 5.27. The summed E-state index contributed by atoms with van der Waals surface area (Å²) in [5.74, 6) is 0. The number of ether oxygens (including phenoxy) is 1. The molecule has 0 radical (unpaired) electrons. The van der Waals surface area contributed by atoms with Crippen LogP contribution in [0.1, 0.15) is 18.9 Å². The molecule has 0 fully saturated rings. The van der Waals surface area contributed by atoms with E-state index in [-0.39, 0.29) is 6.10 Å². The highest BCUT2D eigenvalue weighted by Gasteiger charge is 2.15. The standard InChI is InChI=1S/C11H13Cl2NO2/c1-2-7(16-11(14)15)6-8-9(12)4-3-5-10(8)13/h3-5,7H,2,6H2,1H3,(H2,14,15)/t7-/m0/s1. The van der Waals surface area contributed by atoms with Crippen molar-refractivity contribution in [3.63, 3.8) is 0 Å². The lowest BCUT2D eigenvalue weighted by molar-refractivity contribution is 0.104. The molecule has 0 saturated heterocycles. The zero-order valence-corrected chi connectivity index (χ0v) is 10.4. The number of nitrogens with two attached hydrogens (primary N) is 1. The molecule has 0 saturated carbocycles. The molecule has 0 aromatic heterocycles. The lowest BCUT2D eigenvalue weighted by atomic mass is 10.1. The lowest BCUT2D eigenvalue weighted by Crippen LogP contribution is -2.24. The number of carbonyl (C=O) groups excluding carboxylic acids is 1. The van der Waals surface area contributed by atoms with Crippen molar-refractivity contribution in [1.82, 2.24) is 0 Å². The van der Waals surface area contributed by atoms with Gasteiger partial charge in [0.2, 0.25) is 0 Å². The summed E-state index contributed by atoms with van der Waals surface area (Å²) >= 11 is 12.0. The molecule has 5 heteroatoms. The molecule has 16 heavy (non-hydrogen) atoms. The van der Waals surface area contributed by atoms with Crippen LogP contribution in [0, 0.1) is 0 Å². The molecule has 1 aromatic rings. The molecular weight excluding hydrogens is 249 g/mol. The SMILES string of the molecule is CC[C@@H](Cc1c(Cl)cccc1Cl)OC(N)=O. The highest BCUT2D eigenvalue weighted by Crippen LogP contribution is 2.26. The summed E-state index contributed by atoms with van der Waals surface area (Å²) in [6.45, 7) is 1.90. The Kier molecular flexibility index (Phi) is 4.90. The molecule has 0 bridgehead atoms. The predicted octanol–water partition coefficient (Wildman–Crippen LogP) is 3.41. The van der Waals surface area contributed by atoms with E-state index in [1.54, 1.807) is 18.2 Å². The molecule has 88 valence electrons. The third-order valence-corrected chi connectivity index (χ3v) is 2.94. The maximum Gasteiger partial charge on any atom is 0.404 e. The van der Waals surface area contributed by atoms with Crippen molar-refractivity contribution in [3.05, 3.63) is 33.8 Å². The quantitative estimate of drug-likeness (QED) is 0.903. The monoisotopic (exact) mass is 261 g/mol. The molecule has 0 aliphatic rings. The number of hydrogen-bond acceptors (Lipinski definition) is 2. The molecule has 0 spiro atoms. The number of halogens is 2. The number of rotatable bonds is 4. The second-order valence-corrected chi connectivity index (χ2v) is 4.19. The van der Waals surface area contributed by atoms with E-state index in [1.807, 2.05) is 6.92 Å². The first kappa shape index (κ1) is 13.1. The normalized spacial score (nSPS) is 12.2. The molecule has 0 unspecified atom stereocenters. The van der Waals surface area contributed by atoms with Gasteiger partial charge in [0.1, 0.15) is 6.10 Å². The van der Waals surface area contributed by atoms with Gasteiger partial charge in [-0.25, -0.2) is 4.79 Å². The van der Waals surface area contributed by atoms with Gasteiger partial charge in [0.05, 0.1) is 0 Å². The zero-order valence-electron chi connectivity index (χ0n) is 8.87. The number of benzene rings is 1. The van der Waals surface area contributed by atoms with Crippen LogP contribution in [-0.2, 0) is 11.2 Å². The summed E-state index contributed by atoms with van der Waals surface area (Å²) in [5, 5.41) is 1.14. The minimum Gasteiger partial charge on any atom is -0.446 e. The fourth-order valence-electron chi connectivity index (χ4n) is 1.39. The molecule has 3 nitrogen and oxygen atoms in total. The van der Waals surface area contributed by atoms with Crippen LogP contribution in [-0.4, -0.2) is 12.2 Å². The van der Waals surface area contributed by atoms with Crippen LogP contribution in [0.4, 0.5) is 4.79 Å². The van der Waals surface area contributed by atoms with Crippen molar-refractivity contribution in [2.24, 2.45) is 5.73 Å². The molecule has 1 atom stereocenters. The number of amides is 1. The van der Waals surface area contributed by atoms with Crippen molar-refractivity contribution >= 4 is 29.3 Å². The second-order valence-electron chi connectivity index (χ2n) is 3.37. The van der Waals surface area contributed by atoms with Gasteiger partial charge in [0.15, 0.2) is 0 Å². The Labute approximate surface area is 104 Å². The van der Waals surface area contributed by atoms with Gasteiger partial charge >= 0.3 is 6.09 Å². The first-order valence-corrected chi connectivity index (χ1v) is 5.69. The van der Waals surface area contributed by atoms with E-state index < -0.39 is 6.09 Å². The zero-order chi connectivity index (χ0) is 12.1. The van der Waals surface area contributed by atoms with Crippen LogP contribution in [0.15, 0.2) is 18.2 Å². The van der Waals surface area contributed by atoms with Crippen molar-refractivity contribution in [2.75, 3.05) is 0 Å². The van der Waals surface area contributed by atoms with E-state index in [0.29, 0.717) is 22.9 Å². The van der Waals surface area contributed by atoms with Gasteiger partial charge in [-0.05, 0) is 24.1 Å². The topological polar surface area (TPSA) is 52.3 Å². The number of primary amides is 1. The van der Waals surface area contributed by atoms with Crippen LogP contribution < -0.4 is 5.73 Å². The van der Waals surface area contributed by atoms with Crippen LogP contribution in [0.2, 0.25) is 10.0 Å². The summed E-state index contributed by atoms with van der Waals surface area (Å²) in [6.07, 6.45) is 0.0486. The molecular formula is C11H13Cl2NO2. The van der Waals surface area contributed by atoms with Crippen molar-refractivity contribution in [3.8, 4) is 0 Å². The van der Waals surface area contributed by atoms with Gasteiger partial charge in [0, 0.05) is 16.5 Å². The maximum atomic E-state index is 10.7. The van der Waals surface area contributed by atoms with Crippen molar-refractivity contribution in [1.29, 1.82) is 0 Å². The third-order valence-electron chi connectivity index (χ3n) is 2.23. The molecule has 0 aliphatic heterocycles.